The van der Waals surface area contributed by atoms with E-state index in [0.29, 0.717) is 16.8 Å². The number of aromatic nitrogens is 1. The maximum absolute atomic E-state index is 11.7. The SMILES string of the molecule is NS(=O)(=O)c1cc(-c2[nH]c3ccccc3c2CC(=O)O)ccc1Cl. The predicted octanol–water partition coefficient (Wildman–Crippen LogP) is 2.76. The van der Waals surface area contributed by atoms with Crippen LogP contribution in [-0.4, -0.2) is 24.5 Å². The highest BCUT2D eigenvalue weighted by Gasteiger charge is 2.19. The Morgan fingerprint density at radius 2 is 1.92 bits per heavy atom. The predicted molar refractivity (Wildman–Crippen MR) is 91.5 cm³/mol. The number of nitrogens with two attached hydrogens (primary N) is 1. The molecule has 0 aliphatic heterocycles. The molecule has 24 heavy (non-hydrogen) atoms. The van der Waals surface area contributed by atoms with Crippen molar-refractivity contribution in [1.29, 1.82) is 0 Å². The van der Waals surface area contributed by atoms with Gasteiger partial charge < -0.3 is 10.1 Å². The molecule has 0 saturated heterocycles. The third kappa shape index (κ3) is 3.01. The Morgan fingerprint density at radius 1 is 1.21 bits per heavy atom. The summed E-state index contributed by atoms with van der Waals surface area (Å²) in [6.45, 7) is 0. The quantitative estimate of drug-likeness (QED) is 0.660. The number of nitrogens with one attached hydrogen (secondary N) is 1. The van der Waals surface area contributed by atoms with Crippen LogP contribution in [0.3, 0.4) is 0 Å². The van der Waals surface area contributed by atoms with Gasteiger partial charge in [-0.1, -0.05) is 35.9 Å². The smallest absolute Gasteiger partial charge is 0.307 e. The van der Waals surface area contributed by atoms with Crippen LogP contribution in [0.4, 0.5) is 0 Å². The number of halogens is 1. The molecule has 3 rings (SSSR count). The van der Waals surface area contributed by atoms with E-state index in [2.05, 4.69) is 4.98 Å². The highest BCUT2D eigenvalue weighted by molar-refractivity contribution is 7.89. The van der Waals surface area contributed by atoms with Gasteiger partial charge in [-0.3, -0.25) is 4.79 Å². The number of para-hydroxylation sites is 1. The summed E-state index contributed by atoms with van der Waals surface area (Å²) in [5.74, 6) is -0.985. The molecule has 4 N–H and O–H groups in total. The molecule has 0 bridgehead atoms. The molecule has 0 radical (unpaired) electrons. The minimum Gasteiger partial charge on any atom is -0.481 e. The van der Waals surface area contributed by atoms with Gasteiger partial charge in [-0.2, -0.15) is 0 Å². The van der Waals surface area contributed by atoms with Gasteiger partial charge in [-0.15, -0.1) is 0 Å². The molecule has 8 heteroatoms. The number of hydrogen-bond acceptors (Lipinski definition) is 3. The summed E-state index contributed by atoms with van der Waals surface area (Å²) >= 11 is 5.91. The lowest BCUT2D eigenvalue weighted by Gasteiger charge is -2.07. The normalized spacial score (nSPS) is 11.8. The summed E-state index contributed by atoms with van der Waals surface area (Å²) < 4.78 is 23.3. The molecule has 124 valence electrons. The molecule has 0 atom stereocenters. The van der Waals surface area contributed by atoms with E-state index in [1.807, 2.05) is 24.3 Å². The van der Waals surface area contributed by atoms with E-state index < -0.39 is 16.0 Å². The number of aromatic amines is 1. The number of benzene rings is 2. The summed E-state index contributed by atoms with van der Waals surface area (Å²) in [7, 11) is -3.99. The molecular weight excluding hydrogens is 352 g/mol. The van der Waals surface area contributed by atoms with E-state index in [1.165, 1.54) is 12.1 Å². The van der Waals surface area contributed by atoms with Crippen LogP contribution < -0.4 is 5.14 Å². The topological polar surface area (TPSA) is 113 Å². The van der Waals surface area contributed by atoms with Crippen molar-refractivity contribution in [2.45, 2.75) is 11.3 Å². The molecule has 0 saturated carbocycles. The highest BCUT2D eigenvalue weighted by atomic mass is 35.5. The van der Waals surface area contributed by atoms with Crippen molar-refractivity contribution < 1.29 is 18.3 Å². The first-order chi connectivity index (χ1) is 11.3. The molecule has 3 aromatic rings. The lowest BCUT2D eigenvalue weighted by Crippen LogP contribution is -2.12. The van der Waals surface area contributed by atoms with Crippen molar-refractivity contribution in [2.24, 2.45) is 5.14 Å². The fraction of sp³-hybridized carbons (Fsp3) is 0.0625. The number of carboxylic acid groups (broad SMARTS) is 1. The van der Waals surface area contributed by atoms with Gasteiger partial charge in [0.15, 0.2) is 0 Å². The van der Waals surface area contributed by atoms with Crippen molar-refractivity contribution in [2.75, 3.05) is 0 Å². The molecule has 0 amide bonds. The average Bonchev–Trinajstić information content (AvgIpc) is 2.85. The van der Waals surface area contributed by atoms with E-state index in [1.54, 1.807) is 6.07 Å². The molecule has 2 aromatic carbocycles. The second kappa shape index (κ2) is 5.94. The van der Waals surface area contributed by atoms with Crippen LogP contribution in [-0.2, 0) is 21.2 Å². The summed E-state index contributed by atoms with van der Waals surface area (Å²) in [5, 5.41) is 15.2. The average molecular weight is 365 g/mol. The van der Waals surface area contributed by atoms with Crippen molar-refractivity contribution in [3.05, 3.63) is 53.1 Å². The molecule has 0 fully saturated rings. The third-order valence-electron chi connectivity index (χ3n) is 3.67. The standard InChI is InChI=1S/C16H13ClN2O4S/c17-12-6-5-9(7-14(12)24(18,22)23)16-11(8-15(20)21)10-3-1-2-4-13(10)19-16/h1-7,19H,8H2,(H,20,21)(H2,18,22,23). The van der Waals surface area contributed by atoms with Gasteiger partial charge in [0, 0.05) is 10.9 Å². The monoisotopic (exact) mass is 364 g/mol. The molecular formula is C16H13ClN2O4S. The first-order valence-electron chi connectivity index (χ1n) is 6.91. The van der Waals surface area contributed by atoms with Gasteiger partial charge in [0.05, 0.1) is 17.1 Å². The zero-order chi connectivity index (χ0) is 17.5. The summed E-state index contributed by atoms with van der Waals surface area (Å²) in [4.78, 5) is 14.2. The number of H-pyrrole nitrogens is 1. The molecule has 1 heterocycles. The molecule has 0 aliphatic rings. The van der Waals surface area contributed by atoms with Gasteiger partial charge in [0.1, 0.15) is 4.90 Å². The lowest BCUT2D eigenvalue weighted by atomic mass is 10.0. The van der Waals surface area contributed by atoms with E-state index in [0.717, 1.165) is 10.9 Å². The Hall–Kier alpha value is -2.35. The van der Waals surface area contributed by atoms with Crippen molar-refractivity contribution in [1.82, 2.24) is 4.98 Å². The number of carboxylic acids is 1. The van der Waals surface area contributed by atoms with Gasteiger partial charge in [0.2, 0.25) is 10.0 Å². The van der Waals surface area contributed by atoms with Gasteiger partial charge in [0.25, 0.3) is 0 Å². The summed E-state index contributed by atoms with van der Waals surface area (Å²) in [6, 6.07) is 11.6. The second-order valence-corrected chi connectivity index (χ2v) is 7.22. The maximum atomic E-state index is 11.7. The Morgan fingerprint density at radius 3 is 2.58 bits per heavy atom. The van der Waals surface area contributed by atoms with E-state index in [9.17, 15) is 18.3 Å². The van der Waals surface area contributed by atoms with Crippen LogP contribution in [0, 0.1) is 0 Å². The maximum Gasteiger partial charge on any atom is 0.307 e. The number of primary sulfonamides is 1. The number of fused-ring (bicyclic) bond motifs is 1. The number of sulfonamides is 1. The molecule has 6 nitrogen and oxygen atoms in total. The van der Waals surface area contributed by atoms with Crippen molar-refractivity contribution in [3.63, 3.8) is 0 Å². The van der Waals surface area contributed by atoms with Crippen LogP contribution in [0.25, 0.3) is 22.2 Å². The van der Waals surface area contributed by atoms with Gasteiger partial charge >= 0.3 is 5.97 Å². The van der Waals surface area contributed by atoms with Crippen LogP contribution in [0.5, 0.6) is 0 Å². The van der Waals surface area contributed by atoms with Crippen molar-refractivity contribution >= 4 is 38.5 Å². The fourth-order valence-electron chi connectivity index (χ4n) is 2.66. The Balaban J connectivity index is 2.28. The molecule has 1 aromatic heterocycles. The Labute approximate surface area is 142 Å². The van der Waals surface area contributed by atoms with Gasteiger partial charge in [-0.25, -0.2) is 13.6 Å². The third-order valence-corrected chi connectivity index (χ3v) is 5.06. The number of rotatable bonds is 4. The van der Waals surface area contributed by atoms with Crippen molar-refractivity contribution in [3.8, 4) is 11.3 Å². The minimum absolute atomic E-state index is 0.0112. The summed E-state index contributed by atoms with van der Waals surface area (Å²) in [6.07, 6.45) is -0.202. The van der Waals surface area contributed by atoms with Gasteiger partial charge in [-0.05, 0) is 29.3 Å². The number of carbonyl (C=O) groups is 1. The number of hydrogen-bond donors (Lipinski definition) is 3. The molecule has 0 aliphatic carbocycles. The Kier molecular flexibility index (Phi) is 4.08. The summed E-state index contributed by atoms with van der Waals surface area (Å²) in [5.41, 5.74) is 2.35. The van der Waals surface area contributed by atoms with Crippen LogP contribution in [0.15, 0.2) is 47.4 Å². The molecule has 0 unspecified atom stereocenters. The lowest BCUT2D eigenvalue weighted by molar-refractivity contribution is -0.136. The first kappa shape index (κ1) is 16.5. The minimum atomic E-state index is -3.99. The highest BCUT2D eigenvalue weighted by Crippen LogP contribution is 2.33. The van der Waals surface area contributed by atoms with Crippen LogP contribution >= 0.6 is 11.6 Å². The van der Waals surface area contributed by atoms with Crippen LogP contribution in [0.1, 0.15) is 5.56 Å². The Bertz CT molecular complexity index is 1060. The first-order valence-corrected chi connectivity index (χ1v) is 8.84. The zero-order valence-corrected chi connectivity index (χ0v) is 13.9. The number of aliphatic carboxylic acids is 1. The molecule has 0 spiro atoms. The zero-order valence-electron chi connectivity index (χ0n) is 12.3. The van der Waals surface area contributed by atoms with Crippen LogP contribution in [0.2, 0.25) is 5.02 Å². The van der Waals surface area contributed by atoms with E-state index in [-0.39, 0.29) is 16.3 Å². The van der Waals surface area contributed by atoms with E-state index in [4.69, 9.17) is 16.7 Å². The fourth-order valence-corrected chi connectivity index (χ4v) is 3.73. The largest absolute Gasteiger partial charge is 0.481 e. The second-order valence-electron chi connectivity index (χ2n) is 5.28. The van der Waals surface area contributed by atoms with E-state index >= 15 is 0 Å².